The van der Waals surface area contributed by atoms with Crippen molar-refractivity contribution in [3.05, 3.63) is 29.8 Å². The van der Waals surface area contributed by atoms with Gasteiger partial charge in [0.2, 0.25) is 15.9 Å². The molecule has 26 heavy (non-hydrogen) atoms. The summed E-state index contributed by atoms with van der Waals surface area (Å²) in [5.74, 6) is -0.292. The van der Waals surface area contributed by atoms with Crippen LogP contribution in [0.4, 0.5) is 0 Å². The molecule has 0 radical (unpaired) electrons. The van der Waals surface area contributed by atoms with E-state index in [1.54, 1.807) is 16.4 Å². The second kappa shape index (κ2) is 7.29. The van der Waals surface area contributed by atoms with Crippen LogP contribution in [0.5, 0.6) is 0 Å². The fraction of sp³-hybridized carbons (Fsp3) is 0.632. The van der Waals surface area contributed by atoms with Gasteiger partial charge in [0.15, 0.2) is 0 Å². The molecule has 2 saturated heterocycles. The highest BCUT2D eigenvalue weighted by Gasteiger charge is 2.49. The molecule has 2 N–H and O–H groups in total. The predicted octanol–water partition coefficient (Wildman–Crippen LogP) is 1.60. The molecular formula is C19H29N3O3S. The lowest BCUT2D eigenvalue weighted by molar-refractivity contribution is -0.132. The van der Waals surface area contributed by atoms with Gasteiger partial charge < -0.3 is 5.73 Å². The first-order chi connectivity index (χ1) is 12.3. The molecular weight excluding hydrogens is 350 g/mol. The Morgan fingerprint density at radius 1 is 1.19 bits per heavy atom. The Hall–Kier alpha value is -1.44. The number of carbonyl (C=O) groups is 1. The SMILES string of the molecule is CCc1ccccc1S(=O)(=O)N1CCC2(CCCN(C)C2C(N)=O)CC1. The fourth-order valence-corrected chi connectivity index (χ4v) is 6.55. The van der Waals surface area contributed by atoms with Gasteiger partial charge in [-0.1, -0.05) is 25.1 Å². The molecule has 1 unspecified atom stereocenters. The Labute approximate surface area is 156 Å². The zero-order valence-corrected chi connectivity index (χ0v) is 16.5. The Morgan fingerprint density at radius 2 is 1.85 bits per heavy atom. The van der Waals surface area contributed by atoms with Crippen molar-refractivity contribution >= 4 is 15.9 Å². The normalized spacial score (nSPS) is 24.6. The highest BCUT2D eigenvalue weighted by atomic mass is 32.2. The van der Waals surface area contributed by atoms with Gasteiger partial charge in [-0.05, 0) is 62.7 Å². The van der Waals surface area contributed by atoms with Crippen molar-refractivity contribution in [2.45, 2.75) is 50.0 Å². The molecule has 2 heterocycles. The van der Waals surface area contributed by atoms with Gasteiger partial charge >= 0.3 is 0 Å². The number of hydrogen-bond acceptors (Lipinski definition) is 4. The molecule has 0 aliphatic carbocycles. The topological polar surface area (TPSA) is 83.7 Å². The van der Waals surface area contributed by atoms with Crippen molar-refractivity contribution in [2.75, 3.05) is 26.7 Å². The van der Waals surface area contributed by atoms with E-state index in [4.69, 9.17) is 5.73 Å². The molecule has 1 aromatic carbocycles. The van der Waals surface area contributed by atoms with Gasteiger partial charge in [0.25, 0.3) is 0 Å². The van der Waals surface area contributed by atoms with E-state index in [1.807, 2.05) is 31.0 Å². The van der Waals surface area contributed by atoms with Crippen LogP contribution in [0.15, 0.2) is 29.2 Å². The number of benzene rings is 1. The molecule has 6 nitrogen and oxygen atoms in total. The van der Waals surface area contributed by atoms with E-state index in [0.717, 1.165) is 24.9 Å². The summed E-state index contributed by atoms with van der Waals surface area (Å²) in [7, 11) is -1.57. The molecule has 0 aromatic heterocycles. The van der Waals surface area contributed by atoms with Gasteiger partial charge in [-0.15, -0.1) is 0 Å². The molecule has 2 aliphatic heterocycles. The molecule has 3 rings (SSSR count). The summed E-state index contributed by atoms with van der Waals surface area (Å²) in [5, 5.41) is 0. The number of aryl methyl sites for hydroxylation is 1. The van der Waals surface area contributed by atoms with Crippen molar-refractivity contribution in [2.24, 2.45) is 11.1 Å². The fourth-order valence-electron chi connectivity index (χ4n) is 4.81. The zero-order valence-electron chi connectivity index (χ0n) is 15.6. The molecule has 1 amide bonds. The van der Waals surface area contributed by atoms with Crippen LogP contribution in [-0.2, 0) is 21.2 Å². The largest absolute Gasteiger partial charge is 0.368 e. The van der Waals surface area contributed by atoms with Crippen LogP contribution < -0.4 is 5.73 Å². The van der Waals surface area contributed by atoms with Crippen molar-refractivity contribution in [3.63, 3.8) is 0 Å². The first-order valence-corrected chi connectivity index (χ1v) is 10.8. The van der Waals surface area contributed by atoms with Crippen molar-refractivity contribution in [1.29, 1.82) is 0 Å². The third kappa shape index (κ3) is 3.28. The molecule has 2 fully saturated rings. The molecule has 144 valence electrons. The summed E-state index contributed by atoms with van der Waals surface area (Å²) in [5.41, 5.74) is 6.35. The van der Waals surface area contributed by atoms with Gasteiger partial charge in [0.1, 0.15) is 0 Å². The number of nitrogens with two attached hydrogens (primary N) is 1. The lowest BCUT2D eigenvalue weighted by atomic mass is 9.67. The summed E-state index contributed by atoms with van der Waals surface area (Å²) in [4.78, 5) is 14.5. The second-order valence-corrected chi connectivity index (χ2v) is 9.52. The number of primary amides is 1. The first-order valence-electron chi connectivity index (χ1n) is 9.39. The number of carbonyl (C=O) groups excluding carboxylic acids is 1. The first kappa shape index (κ1) is 19.3. The van der Waals surface area contributed by atoms with Gasteiger partial charge in [-0.2, -0.15) is 4.31 Å². The van der Waals surface area contributed by atoms with Gasteiger partial charge in [0.05, 0.1) is 10.9 Å². The Bertz CT molecular complexity index is 770. The Balaban J connectivity index is 1.82. The molecule has 0 saturated carbocycles. The number of likely N-dealkylation sites (N-methyl/N-ethyl adjacent to an activating group) is 1. The van der Waals surface area contributed by atoms with Gasteiger partial charge in [-0.25, -0.2) is 8.42 Å². The molecule has 1 aromatic rings. The third-order valence-electron chi connectivity index (χ3n) is 6.17. The lowest BCUT2D eigenvalue weighted by Crippen LogP contribution is -2.60. The van der Waals surface area contributed by atoms with E-state index in [1.165, 1.54) is 0 Å². The Kier molecular flexibility index (Phi) is 5.42. The number of amides is 1. The number of piperidine rings is 2. The van der Waals surface area contributed by atoms with E-state index >= 15 is 0 Å². The van der Waals surface area contributed by atoms with Gasteiger partial charge in [-0.3, -0.25) is 9.69 Å². The minimum Gasteiger partial charge on any atom is -0.368 e. The summed E-state index contributed by atoms with van der Waals surface area (Å²) in [6.07, 6.45) is 3.99. The summed E-state index contributed by atoms with van der Waals surface area (Å²) in [6.45, 7) is 3.71. The molecule has 0 bridgehead atoms. The quantitative estimate of drug-likeness (QED) is 0.861. The van der Waals surface area contributed by atoms with E-state index in [0.29, 0.717) is 37.2 Å². The van der Waals surface area contributed by atoms with Crippen LogP contribution in [0, 0.1) is 5.41 Å². The lowest BCUT2D eigenvalue weighted by Gasteiger charge is -2.51. The van der Waals surface area contributed by atoms with Crippen molar-refractivity contribution in [1.82, 2.24) is 9.21 Å². The van der Waals surface area contributed by atoms with Crippen LogP contribution in [0.1, 0.15) is 38.2 Å². The maximum absolute atomic E-state index is 13.1. The van der Waals surface area contributed by atoms with E-state index in [9.17, 15) is 13.2 Å². The zero-order chi connectivity index (χ0) is 18.9. The van der Waals surface area contributed by atoms with E-state index in [2.05, 4.69) is 0 Å². The minimum atomic E-state index is -3.51. The summed E-state index contributed by atoms with van der Waals surface area (Å²) >= 11 is 0. The number of rotatable bonds is 4. The maximum Gasteiger partial charge on any atom is 0.243 e. The third-order valence-corrected chi connectivity index (χ3v) is 8.16. The minimum absolute atomic E-state index is 0.199. The van der Waals surface area contributed by atoms with Crippen molar-refractivity contribution in [3.8, 4) is 0 Å². The number of likely N-dealkylation sites (tertiary alicyclic amines) is 1. The number of nitrogens with zero attached hydrogens (tertiary/aromatic N) is 2. The Morgan fingerprint density at radius 3 is 2.46 bits per heavy atom. The van der Waals surface area contributed by atoms with E-state index in [-0.39, 0.29) is 17.4 Å². The van der Waals surface area contributed by atoms with Crippen LogP contribution in [0.2, 0.25) is 0 Å². The maximum atomic E-state index is 13.1. The molecule has 2 aliphatic rings. The monoisotopic (exact) mass is 379 g/mol. The van der Waals surface area contributed by atoms with E-state index < -0.39 is 10.0 Å². The van der Waals surface area contributed by atoms with Crippen LogP contribution in [-0.4, -0.2) is 56.3 Å². The predicted molar refractivity (Wildman–Crippen MR) is 101 cm³/mol. The highest BCUT2D eigenvalue weighted by molar-refractivity contribution is 7.89. The summed E-state index contributed by atoms with van der Waals surface area (Å²) in [6, 6.07) is 6.91. The smallest absolute Gasteiger partial charge is 0.243 e. The van der Waals surface area contributed by atoms with Crippen molar-refractivity contribution < 1.29 is 13.2 Å². The van der Waals surface area contributed by atoms with Crippen LogP contribution >= 0.6 is 0 Å². The highest BCUT2D eigenvalue weighted by Crippen LogP contribution is 2.45. The van der Waals surface area contributed by atoms with Gasteiger partial charge in [0, 0.05) is 13.1 Å². The summed E-state index contributed by atoms with van der Waals surface area (Å²) < 4.78 is 27.9. The standard InChI is InChI=1S/C19H29N3O3S/c1-3-15-7-4-5-8-16(15)26(24,25)22-13-10-19(11-14-22)9-6-12-21(2)17(19)18(20)23/h4-5,7-8,17H,3,6,9-14H2,1-2H3,(H2,20,23). The average Bonchev–Trinajstić information content (AvgIpc) is 2.61. The van der Waals surface area contributed by atoms with Crippen LogP contribution in [0.25, 0.3) is 0 Å². The average molecular weight is 380 g/mol. The number of hydrogen-bond donors (Lipinski definition) is 1. The second-order valence-electron chi connectivity index (χ2n) is 7.62. The molecule has 1 atom stereocenters. The molecule has 7 heteroatoms. The molecule has 1 spiro atoms. The van der Waals surface area contributed by atoms with Crippen LogP contribution in [0.3, 0.4) is 0 Å². The number of sulfonamides is 1.